The molecule has 126 valence electrons. The molecule has 7 nitrogen and oxygen atoms in total. The Hall–Kier alpha value is -2.25. The third-order valence-corrected chi connectivity index (χ3v) is 4.87. The molecule has 1 fully saturated rings. The van der Waals surface area contributed by atoms with E-state index in [1.165, 1.54) is 0 Å². The zero-order valence-corrected chi connectivity index (χ0v) is 13.8. The SMILES string of the molecule is Cn1c(CCN2CCC(O)(Cn3ccnn3)C2)nc2ccccc21. The van der Waals surface area contributed by atoms with Gasteiger partial charge in [0, 0.05) is 39.3 Å². The second kappa shape index (κ2) is 5.99. The maximum Gasteiger partial charge on any atom is 0.110 e. The van der Waals surface area contributed by atoms with E-state index in [-0.39, 0.29) is 0 Å². The Morgan fingerprint density at radius 1 is 1.29 bits per heavy atom. The van der Waals surface area contributed by atoms with Crippen molar-refractivity contribution in [3.63, 3.8) is 0 Å². The number of para-hydroxylation sites is 2. The van der Waals surface area contributed by atoms with E-state index in [1.807, 2.05) is 18.2 Å². The van der Waals surface area contributed by atoms with Crippen LogP contribution in [0, 0.1) is 0 Å². The van der Waals surface area contributed by atoms with E-state index >= 15 is 0 Å². The van der Waals surface area contributed by atoms with Crippen molar-refractivity contribution in [2.24, 2.45) is 7.05 Å². The van der Waals surface area contributed by atoms with Crippen molar-refractivity contribution in [1.29, 1.82) is 0 Å². The Balaban J connectivity index is 1.39. The lowest BCUT2D eigenvalue weighted by Gasteiger charge is -2.23. The van der Waals surface area contributed by atoms with E-state index in [2.05, 4.69) is 32.9 Å². The van der Waals surface area contributed by atoms with E-state index in [1.54, 1.807) is 17.1 Å². The number of β-amino-alcohol motifs (C(OH)–C–C–N with tert-alkyl or cyclic N) is 1. The van der Waals surface area contributed by atoms with Gasteiger partial charge in [-0.2, -0.15) is 0 Å². The molecule has 3 heterocycles. The molecular formula is C17H22N6O. The van der Waals surface area contributed by atoms with Crippen LogP contribution in [0.1, 0.15) is 12.2 Å². The lowest BCUT2D eigenvalue weighted by atomic mass is 10.0. The van der Waals surface area contributed by atoms with Crippen molar-refractivity contribution in [3.05, 3.63) is 42.5 Å². The lowest BCUT2D eigenvalue weighted by molar-refractivity contribution is 0.0282. The standard InChI is InChI=1S/C17H22N6O/c1-21-15-5-3-2-4-14(15)19-16(21)6-9-22-10-7-17(24,12-22)13-23-11-8-18-20-23/h2-5,8,11,24H,6-7,9-10,12-13H2,1H3. The Kier molecular flexibility index (Phi) is 3.82. The van der Waals surface area contributed by atoms with Crippen molar-refractivity contribution in [2.45, 2.75) is 25.0 Å². The summed E-state index contributed by atoms with van der Waals surface area (Å²) in [7, 11) is 2.07. The first-order valence-electron chi connectivity index (χ1n) is 8.32. The molecule has 0 spiro atoms. The molecule has 1 aliphatic rings. The highest BCUT2D eigenvalue weighted by molar-refractivity contribution is 5.75. The minimum absolute atomic E-state index is 0.496. The van der Waals surface area contributed by atoms with Gasteiger partial charge >= 0.3 is 0 Å². The first-order chi connectivity index (χ1) is 11.6. The minimum Gasteiger partial charge on any atom is -0.387 e. The van der Waals surface area contributed by atoms with Crippen molar-refractivity contribution < 1.29 is 5.11 Å². The summed E-state index contributed by atoms with van der Waals surface area (Å²) in [4.78, 5) is 7.02. The highest BCUT2D eigenvalue weighted by Crippen LogP contribution is 2.23. The van der Waals surface area contributed by atoms with Crippen LogP contribution < -0.4 is 0 Å². The molecule has 0 amide bonds. The number of benzene rings is 1. The molecule has 7 heteroatoms. The smallest absolute Gasteiger partial charge is 0.110 e. The van der Waals surface area contributed by atoms with E-state index in [0.717, 1.165) is 42.8 Å². The van der Waals surface area contributed by atoms with Crippen LogP contribution in [-0.4, -0.2) is 59.8 Å². The predicted molar refractivity (Wildman–Crippen MR) is 90.4 cm³/mol. The van der Waals surface area contributed by atoms with Crippen LogP contribution in [0.25, 0.3) is 11.0 Å². The number of nitrogens with zero attached hydrogens (tertiary/aromatic N) is 6. The van der Waals surface area contributed by atoms with Gasteiger partial charge in [-0.3, -0.25) is 4.90 Å². The topological polar surface area (TPSA) is 72.0 Å². The summed E-state index contributed by atoms with van der Waals surface area (Å²) in [5.74, 6) is 1.09. The van der Waals surface area contributed by atoms with Crippen LogP contribution in [0.4, 0.5) is 0 Å². The fourth-order valence-corrected chi connectivity index (χ4v) is 3.56. The van der Waals surface area contributed by atoms with E-state index < -0.39 is 5.60 Å². The van der Waals surface area contributed by atoms with Gasteiger partial charge in [0.15, 0.2) is 0 Å². The maximum absolute atomic E-state index is 10.7. The van der Waals surface area contributed by atoms with Crippen LogP contribution >= 0.6 is 0 Å². The summed E-state index contributed by atoms with van der Waals surface area (Å²) in [6.07, 6.45) is 5.07. The number of imidazole rings is 1. The molecule has 0 saturated carbocycles. The minimum atomic E-state index is -0.722. The van der Waals surface area contributed by atoms with Gasteiger partial charge in [0.05, 0.1) is 29.4 Å². The molecular weight excluding hydrogens is 304 g/mol. The molecule has 1 aliphatic heterocycles. The van der Waals surface area contributed by atoms with Crippen LogP contribution in [0.3, 0.4) is 0 Å². The molecule has 0 aliphatic carbocycles. The van der Waals surface area contributed by atoms with Crippen molar-refractivity contribution in [2.75, 3.05) is 19.6 Å². The summed E-state index contributed by atoms with van der Waals surface area (Å²) in [6, 6.07) is 8.20. The molecule has 0 bridgehead atoms. The molecule has 1 aromatic carbocycles. The Bertz CT molecular complexity index is 827. The number of hydrogen-bond acceptors (Lipinski definition) is 5. The average Bonchev–Trinajstić information content (AvgIpc) is 3.27. The van der Waals surface area contributed by atoms with Gasteiger partial charge in [-0.05, 0) is 18.6 Å². The van der Waals surface area contributed by atoms with Gasteiger partial charge in [-0.25, -0.2) is 9.67 Å². The third-order valence-electron chi connectivity index (χ3n) is 4.87. The van der Waals surface area contributed by atoms with Gasteiger partial charge in [0.2, 0.25) is 0 Å². The Morgan fingerprint density at radius 2 is 2.17 bits per heavy atom. The molecule has 1 atom stereocenters. The molecule has 1 saturated heterocycles. The average molecular weight is 326 g/mol. The summed E-state index contributed by atoms with van der Waals surface area (Å²) < 4.78 is 3.86. The van der Waals surface area contributed by atoms with Gasteiger partial charge in [-0.1, -0.05) is 17.3 Å². The van der Waals surface area contributed by atoms with Gasteiger partial charge in [-0.15, -0.1) is 5.10 Å². The number of hydrogen-bond donors (Lipinski definition) is 1. The normalized spacial score (nSPS) is 21.8. The molecule has 0 radical (unpaired) electrons. The first-order valence-corrected chi connectivity index (χ1v) is 8.32. The number of aliphatic hydroxyl groups is 1. The number of aryl methyl sites for hydroxylation is 1. The van der Waals surface area contributed by atoms with Crippen LogP contribution in [0.15, 0.2) is 36.7 Å². The number of aromatic nitrogens is 5. The monoisotopic (exact) mass is 326 g/mol. The molecule has 1 N–H and O–H groups in total. The summed E-state index contributed by atoms with van der Waals surface area (Å²) in [5, 5.41) is 18.5. The van der Waals surface area contributed by atoms with Crippen molar-refractivity contribution >= 4 is 11.0 Å². The largest absolute Gasteiger partial charge is 0.387 e. The van der Waals surface area contributed by atoms with Crippen molar-refractivity contribution in [1.82, 2.24) is 29.4 Å². The third kappa shape index (κ3) is 2.92. The van der Waals surface area contributed by atoms with E-state index in [0.29, 0.717) is 13.1 Å². The predicted octanol–water partition coefficient (Wildman–Crippen LogP) is 0.844. The highest BCUT2D eigenvalue weighted by atomic mass is 16.3. The zero-order valence-electron chi connectivity index (χ0n) is 13.8. The van der Waals surface area contributed by atoms with Crippen LogP contribution in [-0.2, 0) is 20.0 Å². The van der Waals surface area contributed by atoms with Gasteiger partial charge in [0.1, 0.15) is 5.82 Å². The maximum atomic E-state index is 10.7. The van der Waals surface area contributed by atoms with Gasteiger partial charge < -0.3 is 9.67 Å². The van der Waals surface area contributed by atoms with Crippen LogP contribution in [0.5, 0.6) is 0 Å². The van der Waals surface area contributed by atoms with E-state index in [9.17, 15) is 5.11 Å². The first kappa shape index (κ1) is 15.3. The molecule has 2 aromatic heterocycles. The van der Waals surface area contributed by atoms with E-state index in [4.69, 9.17) is 4.98 Å². The van der Waals surface area contributed by atoms with Crippen LogP contribution in [0.2, 0.25) is 0 Å². The fourth-order valence-electron chi connectivity index (χ4n) is 3.56. The Labute approximate surface area is 140 Å². The lowest BCUT2D eigenvalue weighted by Crippen LogP contribution is -2.38. The van der Waals surface area contributed by atoms with Crippen molar-refractivity contribution in [3.8, 4) is 0 Å². The quantitative estimate of drug-likeness (QED) is 0.752. The second-order valence-electron chi connectivity index (χ2n) is 6.68. The number of fused-ring (bicyclic) bond motifs is 1. The summed E-state index contributed by atoms with van der Waals surface area (Å²) >= 11 is 0. The molecule has 24 heavy (non-hydrogen) atoms. The highest BCUT2D eigenvalue weighted by Gasteiger charge is 2.36. The second-order valence-corrected chi connectivity index (χ2v) is 6.68. The zero-order chi connectivity index (χ0) is 16.6. The van der Waals surface area contributed by atoms with Gasteiger partial charge in [0.25, 0.3) is 0 Å². The summed E-state index contributed by atoms with van der Waals surface area (Å²) in [5.41, 5.74) is 1.48. The molecule has 4 rings (SSSR count). The Morgan fingerprint density at radius 3 is 2.96 bits per heavy atom. The number of rotatable bonds is 5. The summed E-state index contributed by atoms with van der Waals surface area (Å²) in [6.45, 7) is 2.96. The molecule has 3 aromatic rings. The fraction of sp³-hybridized carbons (Fsp3) is 0.471. The molecule has 1 unspecified atom stereocenters. The number of likely N-dealkylation sites (tertiary alicyclic amines) is 1.